The van der Waals surface area contributed by atoms with Gasteiger partial charge < -0.3 is 16.0 Å². The second-order valence-corrected chi connectivity index (χ2v) is 9.86. The van der Waals surface area contributed by atoms with E-state index in [1.54, 1.807) is 11.3 Å². The number of fused-ring (bicyclic) bond motifs is 3. The zero-order valence-electron chi connectivity index (χ0n) is 16.9. The Morgan fingerprint density at radius 1 is 0.967 bits per heavy atom. The molecule has 0 amide bonds. The molecule has 156 valence electrons. The Morgan fingerprint density at radius 3 is 2.63 bits per heavy atom. The van der Waals surface area contributed by atoms with Gasteiger partial charge in [0.15, 0.2) is 5.13 Å². The van der Waals surface area contributed by atoms with Crippen molar-refractivity contribution in [1.82, 2.24) is 20.3 Å². The van der Waals surface area contributed by atoms with Gasteiger partial charge in [0.1, 0.15) is 11.6 Å². The Kier molecular flexibility index (Phi) is 4.68. The Hall–Kier alpha value is -2.45. The van der Waals surface area contributed by atoms with E-state index in [4.69, 9.17) is 9.97 Å². The predicted molar refractivity (Wildman–Crippen MR) is 123 cm³/mol. The molecule has 4 N–H and O–H groups in total. The molecule has 2 aliphatic carbocycles. The van der Waals surface area contributed by atoms with Crippen LogP contribution in [0.3, 0.4) is 0 Å². The van der Waals surface area contributed by atoms with Gasteiger partial charge in [-0.25, -0.2) is 4.98 Å². The van der Waals surface area contributed by atoms with Gasteiger partial charge in [-0.1, -0.05) is 29.9 Å². The van der Waals surface area contributed by atoms with Gasteiger partial charge in [-0.15, -0.1) is 0 Å². The predicted octanol–water partition coefficient (Wildman–Crippen LogP) is 4.20. The van der Waals surface area contributed by atoms with Gasteiger partial charge in [0.05, 0.1) is 10.2 Å². The fourth-order valence-electron chi connectivity index (χ4n) is 5.27. The number of anilines is 4. The SMILES string of the molecule is c1ccc2sc(Nc3nc(NC4CCNC4)cc(NC4C[C@H]5CCC4C5)n3)nc2c1. The molecule has 0 radical (unpaired) electrons. The van der Waals surface area contributed by atoms with Crippen LogP contribution < -0.4 is 21.3 Å². The molecule has 8 heteroatoms. The number of benzene rings is 1. The molecule has 1 aliphatic heterocycles. The molecule has 3 fully saturated rings. The first-order valence-electron chi connectivity index (χ1n) is 11.0. The third-order valence-electron chi connectivity index (χ3n) is 6.72. The lowest BCUT2D eigenvalue weighted by molar-refractivity contribution is 0.439. The van der Waals surface area contributed by atoms with Crippen molar-refractivity contribution in [1.29, 1.82) is 0 Å². The van der Waals surface area contributed by atoms with Crippen LogP contribution in [0, 0.1) is 11.8 Å². The van der Waals surface area contributed by atoms with E-state index in [0.717, 1.165) is 58.3 Å². The fraction of sp³-hybridized carbons (Fsp3) is 0.500. The number of hydrogen-bond donors (Lipinski definition) is 4. The first-order valence-corrected chi connectivity index (χ1v) is 11.9. The van der Waals surface area contributed by atoms with Crippen molar-refractivity contribution in [2.24, 2.45) is 11.8 Å². The minimum atomic E-state index is 0.408. The molecule has 30 heavy (non-hydrogen) atoms. The van der Waals surface area contributed by atoms with Crippen molar-refractivity contribution in [3.63, 3.8) is 0 Å². The number of rotatable bonds is 6. The monoisotopic (exact) mass is 421 g/mol. The van der Waals surface area contributed by atoms with Crippen LogP contribution in [0.15, 0.2) is 30.3 Å². The van der Waals surface area contributed by atoms with E-state index in [2.05, 4.69) is 38.4 Å². The highest BCUT2D eigenvalue weighted by atomic mass is 32.1. The van der Waals surface area contributed by atoms with E-state index in [1.807, 2.05) is 18.2 Å². The van der Waals surface area contributed by atoms with Crippen molar-refractivity contribution < 1.29 is 0 Å². The minimum absolute atomic E-state index is 0.408. The molecule has 3 heterocycles. The molecule has 1 saturated heterocycles. The number of nitrogens with one attached hydrogen (secondary N) is 4. The van der Waals surface area contributed by atoms with Crippen molar-refractivity contribution >= 4 is 44.3 Å². The topological polar surface area (TPSA) is 86.8 Å². The maximum atomic E-state index is 4.80. The number of aromatic nitrogens is 3. The maximum Gasteiger partial charge on any atom is 0.232 e. The van der Waals surface area contributed by atoms with Gasteiger partial charge in [-0.05, 0) is 56.2 Å². The summed E-state index contributed by atoms with van der Waals surface area (Å²) in [4.78, 5) is 14.2. The van der Waals surface area contributed by atoms with Crippen molar-refractivity contribution in [2.75, 3.05) is 29.0 Å². The first kappa shape index (κ1) is 18.3. The van der Waals surface area contributed by atoms with Gasteiger partial charge in [-0.2, -0.15) is 9.97 Å². The lowest BCUT2D eigenvalue weighted by atomic mass is 9.95. The summed E-state index contributed by atoms with van der Waals surface area (Å²) in [5.41, 5.74) is 0.997. The van der Waals surface area contributed by atoms with Crippen molar-refractivity contribution in [2.45, 2.75) is 44.2 Å². The smallest absolute Gasteiger partial charge is 0.232 e. The summed E-state index contributed by atoms with van der Waals surface area (Å²) >= 11 is 1.63. The van der Waals surface area contributed by atoms with Crippen LogP contribution in [0.2, 0.25) is 0 Å². The van der Waals surface area contributed by atoms with Gasteiger partial charge >= 0.3 is 0 Å². The lowest BCUT2D eigenvalue weighted by Gasteiger charge is -2.24. The highest BCUT2D eigenvalue weighted by Crippen LogP contribution is 2.45. The van der Waals surface area contributed by atoms with Crippen LogP contribution in [0.4, 0.5) is 22.7 Å². The number of thiazole rings is 1. The van der Waals surface area contributed by atoms with Gasteiger partial charge in [0.25, 0.3) is 0 Å². The summed E-state index contributed by atoms with van der Waals surface area (Å²) in [6.07, 6.45) is 6.50. The third-order valence-corrected chi connectivity index (χ3v) is 7.67. The van der Waals surface area contributed by atoms with Crippen molar-refractivity contribution in [3.8, 4) is 0 Å². The van der Waals surface area contributed by atoms with E-state index < -0.39 is 0 Å². The number of hydrogen-bond acceptors (Lipinski definition) is 8. The molecule has 1 aromatic carbocycles. The standard InChI is InChI=1S/C22H27N7S/c1-2-4-18-16(3-1)26-22(30-18)29-21-27-19(24-15-7-8-23-12-15)11-20(28-21)25-17-10-13-5-6-14(17)9-13/h1-4,11,13-15,17,23H,5-10,12H2,(H3,24,25,26,27,28,29)/t13-,14?,15?,17?/m0/s1. The summed E-state index contributed by atoms with van der Waals surface area (Å²) in [6, 6.07) is 11.2. The first-order chi connectivity index (χ1) is 14.8. The average molecular weight is 422 g/mol. The van der Waals surface area contributed by atoms with E-state index in [9.17, 15) is 0 Å². The molecular weight excluding hydrogens is 394 g/mol. The van der Waals surface area contributed by atoms with Crippen LogP contribution in [-0.4, -0.2) is 40.1 Å². The van der Waals surface area contributed by atoms with Crippen LogP contribution >= 0.6 is 11.3 Å². The minimum Gasteiger partial charge on any atom is -0.367 e. The Bertz CT molecular complexity index is 1010. The largest absolute Gasteiger partial charge is 0.367 e. The van der Waals surface area contributed by atoms with E-state index >= 15 is 0 Å². The molecule has 0 spiro atoms. The molecule has 2 bridgehead atoms. The molecular formula is C22H27N7S. The highest BCUT2D eigenvalue weighted by Gasteiger charge is 2.39. The van der Waals surface area contributed by atoms with Crippen LogP contribution in [0.1, 0.15) is 32.1 Å². The lowest BCUT2D eigenvalue weighted by Crippen LogP contribution is -2.27. The summed E-state index contributed by atoms with van der Waals surface area (Å²) in [6.45, 7) is 2.02. The van der Waals surface area contributed by atoms with Gasteiger partial charge in [0.2, 0.25) is 5.95 Å². The van der Waals surface area contributed by atoms with Crippen LogP contribution in [-0.2, 0) is 0 Å². The molecule has 2 saturated carbocycles. The normalized spacial score (nSPS) is 27.6. The molecule has 3 aliphatic rings. The Balaban J connectivity index is 1.27. The third kappa shape index (κ3) is 3.70. The summed E-state index contributed by atoms with van der Waals surface area (Å²) < 4.78 is 1.16. The maximum absolute atomic E-state index is 4.80. The van der Waals surface area contributed by atoms with E-state index in [1.165, 1.54) is 25.7 Å². The molecule has 4 atom stereocenters. The Labute approximate surface area is 180 Å². The Morgan fingerprint density at radius 2 is 1.87 bits per heavy atom. The molecule has 3 unspecified atom stereocenters. The van der Waals surface area contributed by atoms with Crippen LogP contribution in [0.5, 0.6) is 0 Å². The summed E-state index contributed by atoms with van der Waals surface area (Å²) in [5.74, 6) is 4.06. The van der Waals surface area contributed by atoms with E-state index in [0.29, 0.717) is 18.0 Å². The van der Waals surface area contributed by atoms with E-state index in [-0.39, 0.29) is 0 Å². The quantitative estimate of drug-likeness (QED) is 0.474. The summed E-state index contributed by atoms with van der Waals surface area (Å²) in [7, 11) is 0. The van der Waals surface area contributed by atoms with Crippen LogP contribution in [0.25, 0.3) is 10.2 Å². The zero-order valence-corrected chi connectivity index (χ0v) is 17.7. The molecule has 6 rings (SSSR count). The second kappa shape index (κ2) is 7.67. The molecule has 7 nitrogen and oxygen atoms in total. The zero-order chi connectivity index (χ0) is 19.9. The fourth-order valence-corrected chi connectivity index (χ4v) is 6.13. The van der Waals surface area contributed by atoms with Gasteiger partial charge in [-0.3, -0.25) is 5.32 Å². The number of para-hydroxylation sites is 1. The summed E-state index contributed by atoms with van der Waals surface area (Å²) in [5, 5.41) is 14.9. The highest BCUT2D eigenvalue weighted by molar-refractivity contribution is 7.22. The average Bonchev–Trinajstić information content (AvgIpc) is 3.52. The van der Waals surface area contributed by atoms with Crippen molar-refractivity contribution in [3.05, 3.63) is 30.3 Å². The second-order valence-electron chi connectivity index (χ2n) is 8.83. The molecule has 2 aromatic heterocycles. The molecule has 3 aromatic rings. The number of nitrogens with zero attached hydrogens (tertiary/aromatic N) is 3. The van der Waals surface area contributed by atoms with Gasteiger partial charge in [0, 0.05) is 24.7 Å².